The number of pyridine rings is 1. The maximum atomic E-state index is 4.02. The number of nitrogens with zero attached hydrogens (tertiary/aromatic N) is 1. The average Bonchev–Trinajstić information content (AvgIpc) is 1.85. The van der Waals surface area contributed by atoms with E-state index in [-0.39, 0.29) is 0 Å². The van der Waals surface area contributed by atoms with Gasteiger partial charge in [0.25, 0.3) is 0 Å². The van der Waals surface area contributed by atoms with Crippen molar-refractivity contribution in [2.45, 2.75) is 19.9 Å². The first-order valence-corrected chi connectivity index (χ1v) is 4.36. The third-order valence-electron chi connectivity index (χ3n) is 1.18. The molecule has 1 rings (SSSR count). The highest BCUT2D eigenvalue weighted by Gasteiger charge is 1.94. The van der Waals surface area contributed by atoms with Gasteiger partial charge in [0.2, 0.25) is 0 Å². The highest BCUT2D eigenvalue weighted by Crippen LogP contribution is 2.12. The fourth-order valence-electron chi connectivity index (χ4n) is 0.826. The van der Waals surface area contributed by atoms with Gasteiger partial charge in [-0.1, -0.05) is 0 Å². The van der Waals surface area contributed by atoms with Crippen molar-refractivity contribution in [3.05, 3.63) is 22.9 Å². The van der Waals surface area contributed by atoms with Gasteiger partial charge in [-0.25, -0.2) is 4.98 Å². The van der Waals surface area contributed by atoms with Crippen LogP contribution in [0.15, 0.2) is 22.9 Å². The second-order valence-corrected chi connectivity index (χ2v) is 3.48. The summed E-state index contributed by atoms with van der Waals surface area (Å²) in [5.74, 6) is 0. The minimum absolute atomic E-state index is 0.462. The molecule has 0 saturated carbocycles. The standard InChI is InChI=1S/C8H11BrN2/c1-6(2)11-7-3-4-10-8(9)5-7/h3-6H,1-2H3,(H,10,11). The molecule has 1 aromatic heterocycles. The molecule has 0 aliphatic carbocycles. The first-order chi connectivity index (χ1) is 5.18. The first kappa shape index (κ1) is 8.53. The summed E-state index contributed by atoms with van der Waals surface area (Å²) in [5, 5.41) is 3.28. The summed E-state index contributed by atoms with van der Waals surface area (Å²) in [7, 11) is 0. The van der Waals surface area contributed by atoms with E-state index < -0.39 is 0 Å². The molecule has 0 atom stereocenters. The molecule has 1 heterocycles. The van der Waals surface area contributed by atoms with Crippen molar-refractivity contribution in [3.8, 4) is 0 Å². The van der Waals surface area contributed by atoms with Gasteiger partial charge in [0.15, 0.2) is 0 Å². The molecular weight excluding hydrogens is 204 g/mol. The molecule has 0 aromatic carbocycles. The van der Waals surface area contributed by atoms with Gasteiger partial charge in [0.05, 0.1) is 0 Å². The van der Waals surface area contributed by atoms with Gasteiger partial charge in [-0.2, -0.15) is 0 Å². The number of hydrogen-bond acceptors (Lipinski definition) is 2. The van der Waals surface area contributed by atoms with Crippen LogP contribution < -0.4 is 5.32 Å². The Kier molecular flexibility index (Phi) is 2.88. The van der Waals surface area contributed by atoms with Gasteiger partial charge < -0.3 is 5.32 Å². The van der Waals surface area contributed by atoms with Crippen LogP contribution in [0.5, 0.6) is 0 Å². The van der Waals surface area contributed by atoms with Crippen LogP contribution in [0.1, 0.15) is 13.8 Å². The van der Waals surface area contributed by atoms with E-state index in [9.17, 15) is 0 Å². The summed E-state index contributed by atoms with van der Waals surface area (Å²) in [6.07, 6.45) is 1.77. The zero-order valence-corrected chi connectivity index (χ0v) is 8.22. The summed E-state index contributed by atoms with van der Waals surface area (Å²) >= 11 is 3.30. The van der Waals surface area contributed by atoms with Crippen molar-refractivity contribution in [3.63, 3.8) is 0 Å². The highest BCUT2D eigenvalue weighted by molar-refractivity contribution is 9.10. The normalized spacial score (nSPS) is 10.2. The summed E-state index contributed by atoms with van der Waals surface area (Å²) in [6.45, 7) is 4.21. The number of aromatic nitrogens is 1. The second-order valence-electron chi connectivity index (χ2n) is 2.67. The molecule has 11 heavy (non-hydrogen) atoms. The summed E-state index contributed by atoms with van der Waals surface area (Å²) in [6, 6.07) is 4.37. The lowest BCUT2D eigenvalue weighted by Crippen LogP contribution is -2.09. The van der Waals surface area contributed by atoms with Crippen LogP contribution in [0, 0.1) is 0 Å². The Hall–Kier alpha value is -0.570. The zero-order chi connectivity index (χ0) is 8.27. The molecule has 60 valence electrons. The van der Waals surface area contributed by atoms with Gasteiger partial charge in [0, 0.05) is 17.9 Å². The molecule has 0 unspecified atom stereocenters. The fraction of sp³-hybridized carbons (Fsp3) is 0.375. The maximum absolute atomic E-state index is 4.02. The molecule has 0 saturated heterocycles. The van der Waals surface area contributed by atoms with Crippen LogP contribution in [0.4, 0.5) is 5.69 Å². The molecule has 1 aromatic rings. The van der Waals surface area contributed by atoms with Crippen LogP contribution in [0.2, 0.25) is 0 Å². The predicted molar refractivity (Wildman–Crippen MR) is 50.7 cm³/mol. The van der Waals surface area contributed by atoms with E-state index in [2.05, 4.69) is 40.1 Å². The van der Waals surface area contributed by atoms with E-state index in [0.29, 0.717) is 6.04 Å². The molecule has 0 bridgehead atoms. The fourth-order valence-corrected chi connectivity index (χ4v) is 1.19. The number of hydrogen-bond donors (Lipinski definition) is 1. The SMILES string of the molecule is CC(C)Nc1ccnc(Br)c1. The number of halogens is 1. The molecule has 0 radical (unpaired) electrons. The van der Waals surface area contributed by atoms with Gasteiger partial charge in [-0.3, -0.25) is 0 Å². The molecular formula is C8H11BrN2. The zero-order valence-electron chi connectivity index (χ0n) is 6.63. The first-order valence-electron chi connectivity index (χ1n) is 3.56. The second kappa shape index (κ2) is 3.72. The summed E-state index contributed by atoms with van der Waals surface area (Å²) in [4.78, 5) is 4.02. The quantitative estimate of drug-likeness (QED) is 0.767. The van der Waals surface area contributed by atoms with Crippen molar-refractivity contribution in [1.29, 1.82) is 0 Å². The topological polar surface area (TPSA) is 24.9 Å². The Labute approximate surface area is 75.2 Å². The van der Waals surface area contributed by atoms with E-state index in [1.807, 2.05) is 12.1 Å². The summed E-state index contributed by atoms with van der Waals surface area (Å²) in [5.41, 5.74) is 1.10. The monoisotopic (exact) mass is 214 g/mol. The lowest BCUT2D eigenvalue weighted by molar-refractivity contribution is 0.898. The third kappa shape index (κ3) is 2.89. The third-order valence-corrected chi connectivity index (χ3v) is 1.62. The average molecular weight is 215 g/mol. The predicted octanol–water partition coefficient (Wildman–Crippen LogP) is 2.66. The van der Waals surface area contributed by atoms with E-state index in [4.69, 9.17) is 0 Å². The van der Waals surface area contributed by atoms with Crippen molar-refractivity contribution in [2.24, 2.45) is 0 Å². The Balaban J connectivity index is 2.71. The highest BCUT2D eigenvalue weighted by atomic mass is 79.9. The van der Waals surface area contributed by atoms with Crippen LogP contribution in [-0.2, 0) is 0 Å². The molecule has 0 spiro atoms. The molecule has 0 aliphatic heterocycles. The smallest absolute Gasteiger partial charge is 0.108 e. The Bertz CT molecular complexity index is 235. The van der Waals surface area contributed by atoms with Crippen LogP contribution in [-0.4, -0.2) is 11.0 Å². The van der Waals surface area contributed by atoms with E-state index in [1.165, 1.54) is 0 Å². The Morgan fingerprint density at radius 3 is 2.82 bits per heavy atom. The largest absolute Gasteiger partial charge is 0.383 e. The Morgan fingerprint density at radius 1 is 1.55 bits per heavy atom. The van der Waals surface area contributed by atoms with Crippen LogP contribution >= 0.6 is 15.9 Å². The number of anilines is 1. The molecule has 0 fully saturated rings. The number of rotatable bonds is 2. The van der Waals surface area contributed by atoms with E-state index in [1.54, 1.807) is 6.20 Å². The van der Waals surface area contributed by atoms with Crippen molar-refractivity contribution in [2.75, 3.05) is 5.32 Å². The van der Waals surface area contributed by atoms with Crippen molar-refractivity contribution in [1.82, 2.24) is 4.98 Å². The summed E-state index contributed by atoms with van der Waals surface area (Å²) < 4.78 is 0.864. The van der Waals surface area contributed by atoms with E-state index in [0.717, 1.165) is 10.3 Å². The Morgan fingerprint density at radius 2 is 2.27 bits per heavy atom. The molecule has 2 nitrogen and oxygen atoms in total. The lowest BCUT2D eigenvalue weighted by Gasteiger charge is -2.08. The van der Waals surface area contributed by atoms with Crippen molar-refractivity contribution >= 4 is 21.6 Å². The number of nitrogens with one attached hydrogen (secondary N) is 1. The minimum atomic E-state index is 0.462. The lowest BCUT2D eigenvalue weighted by atomic mass is 10.3. The van der Waals surface area contributed by atoms with Gasteiger partial charge >= 0.3 is 0 Å². The minimum Gasteiger partial charge on any atom is -0.383 e. The van der Waals surface area contributed by atoms with Gasteiger partial charge in [0.1, 0.15) is 4.60 Å². The molecule has 3 heteroatoms. The maximum Gasteiger partial charge on any atom is 0.108 e. The van der Waals surface area contributed by atoms with Crippen molar-refractivity contribution < 1.29 is 0 Å². The van der Waals surface area contributed by atoms with E-state index >= 15 is 0 Å². The van der Waals surface area contributed by atoms with Gasteiger partial charge in [-0.15, -0.1) is 0 Å². The van der Waals surface area contributed by atoms with Crippen LogP contribution in [0.3, 0.4) is 0 Å². The van der Waals surface area contributed by atoms with Gasteiger partial charge in [-0.05, 0) is 41.9 Å². The molecule has 1 N–H and O–H groups in total. The molecule has 0 amide bonds. The molecule has 0 aliphatic rings. The van der Waals surface area contributed by atoms with Crippen LogP contribution in [0.25, 0.3) is 0 Å².